The normalized spacial score (nSPS) is 19.2. The fraction of sp³-hybridized carbons (Fsp3) is 0.179. The van der Waals surface area contributed by atoms with Crippen LogP contribution in [-0.4, -0.2) is 45.2 Å². The van der Waals surface area contributed by atoms with Crippen LogP contribution in [0, 0.1) is 12.0 Å². The number of carboxylic acids is 1. The van der Waals surface area contributed by atoms with Crippen molar-refractivity contribution in [2.75, 3.05) is 0 Å². The van der Waals surface area contributed by atoms with Gasteiger partial charge < -0.3 is 24.8 Å². The summed E-state index contributed by atoms with van der Waals surface area (Å²) in [4.78, 5) is 39.6. The molecule has 2 aliphatic heterocycles. The molecule has 2 unspecified atom stereocenters. The molecule has 3 heterocycles. The molecule has 2 N–H and O–H groups in total. The van der Waals surface area contributed by atoms with E-state index in [0.29, 0.717) is 32.1 Å². The predicted molar refractivity (Wildman–Crippen MR) is 159 cm³/mol. The van der Waals surface area contributed by atoms with Crippen LogP contribution in [0.15, 0.2) is 64.9 Å². The zero-order valence-corrected chi connectivity index (χ0v) is 24.7. The summed E-state index contributed by atoms with van der Waals surface area (Å²) in [7, 11) is 0. The van der Waals surface area contributed by atoms with Crippen molar-refractivity contribution in [1.29, 1.82) is 0 Å². The molecule has 210 valence electrons. The molecule has 3 aromatic rings. The molecule has 0 spiro atoms. The maximum atomic E-state index is 12.9. The van der Waals surface area contributed by atoms with Crippen LogP contribution in [0.2, 0.25) is 15.1 Å². The van der Waals surface area contributed by atoms with Gasteiger partial charge in [-0.3, -0.25) is 9.59 Å². The first-order valence-electron chi connectivity index (χ1n) is 12.0. The number of hydrogen-bond donors (Lipinski definition) is 2. The third kappa shape index (κ3) is 6.61. The summed E-state index contributed by atoms with van der Waals surface area (Å²) in [6.07, 6.45) is 2.73. The molecule has 5 rings (SSSR count). The van der Waals surface area contributed by atoms with E-state index in [1.54, 1.807) is 29.7 Å². The zero-order chi connectivity index (χ0) is 29.1. The van der Waals surface area contributed by atoms with Gasteiger partial charge in [0.1, 0.15) is 23.3 Å². The molecule has 2 aliphatic rings. The van der Waals surface area contributed by atoms with E-state index in [2.05, 4.69) is 17.3 Å². The molecule has 1 aromatic heterocycles. The highest BCUT2D eigenvalue weighted by atomic mass is 35.5. The number of benzene rings is 2. The number of nitrogens with one attached hydrogen (secondary N) is 1. The van der Waals surface area contributed by atoms with Crippen molar-refractivity contribution in [2.45, 2.75) is 30.3 Å². The summed E-state index contributed by atoms with van der Waals surface area (Å²) in [6, 6.07) is 11.2. The van der Waals surface area contributed by atoms with Crippen LogP contribution in [-0.2, 0) is 20.8 Å². The number of thiophene rings is 1. The highest BCUT2D eigenvalue weighted by Gasteiger charge is 2.55. The van der Waals surface area contributed by atoms with Gasteiger partial charge in [0, 0.05) is 27.4 Å². The van der Waals surface area contributed by atoms with Crippen LogP contribution in [0.3, 0.4) is 0 Å². The number of carboxylic acid groups (broad SMARTS) is 1. The van der Waals surface area contributed by atoms with E-state index in [1.807, 2.05) is 17.5 Å². The summed E-state index contributed by atoms with van der Waals surface area (Å²) in [5.74, 6) is 1.72. The number of carbonyl (C=O) groups is 3. The molecule has 0 bridgehead atoms. The molecule has 8 nitrogen and oxygen atoms in total. The number of thioether (sulfide) groups is 1. The fourth-order valence-corrected chi connectivity index (χ4v) is 6.74. The van der Waals surface area contributed by atoms with Crippen molar-refractivity contribution >= 4 is 75.7 Å². The monoisotopic (exact) mass is 648 g/mol. The topological polar surface area (TPSA) is 105 Å². The molecule has 41 heavy (non-hydrogen) atoms. The Balaban J connectivity index is 1.24. The molecule has 13 heteroatoms. The zero-order valence-electron chi connectivity index (χ0n) is 20.8. The van der Waals surface area contributed by atoms with Crippen molar-refractivity contribution in [2.24, 2.45) is 0 Å². The van der Waals surface area contributed by atoms with Crippen molar-refractivity contribution in [1.82, 2.24) is 10.2 Å². The molecule has 0 radical (unpaired) electrons. The summed E-state index contributed by atoms with van der Waals surface area (Å²) in [6.45, 7) is 0. The van der Waals surface area contributed by atoms with E-state index >= 15 is 0 Å². The fourth-order valence-electron chi connectivity index (χ4n) is 4.20. The van der Waals surface area contributed by atoms with Crippen LogP contribution in [0.25, 0.3) is 0 Å². The number of β-lactam (4-membered cyclic amide) rings is 1. The number of ether oxygens (including phenoxy) is 2. The number of hydrogen-bond acceptors (Lipinski definition) is 7. The first kappa shape index (κ1) is 29.2. The molecule has 2 aromatic carbocycles. The minimum absolute atomic E-state index is 0.0235. The number of carbonyl (C=O) groups excluding carboxylic acids is 2. The Hall–Kier alpha value is -3.33. The van der Waals surface area contributed by atoms with Gasteiger partial charge in [0.05, 0.1) is 11.4 Å². The Bertz CT molecular complexity index is 1600. The lowest BCUT2D eigenvalue weighted by Crippen LogP contribution is -2.73. The molecular weight excluding hydrogens is 631 g/mol. The van der Waals surface area contributed by atoms with Crippen molar-refractivity contribution in [3.8, 4) is 29.3 Å². The Kier molecular flexibility index (Phi) is 9.02. The first-order valence-corrected chi connectivity index (χ1v) is 14.9. The Morgan fingerprint density at radius 3 is 2.51 bits per heavy atom. The maximum absolute atomic E-state index is 12.9. The first-order chi connectivity index (χ1) is 19.7. The standard InChI is InChI=1S/C28H19Cl3N2O6S2/c29-16-5-7-20(19(31)11-16)39-21-8-6-17(30)12-22(21)38-9-1-3-15-14-41-27-24(26(35)33(27)25(15)28(36)37)32-23(34)13-18-4-2-10-40-18/h2,4-8,10-12,14,24-25,27H,3,13H2,(H,32,34)(H,36,37)/t24?,25?,27-/m1/s1. The highest BCUT2D eigenvalue weighted by molar-refractivity contribution is 8.03. The van der Waals surface area contributed by atoms with E-state index in [4.69, 9.17) is 44.3 Å². The average Bonchev–Trinajstić information content (AvgIpc) is 3.44. The lowest BCUT2D eigenvalue weighted by Gasteiger charge is -2.51. The molecular formula is C28H19Cl3N2O6S2. The second-order valence-corrected chi connectivity index (χ2v) is 12.1. The van der Waals surface area contributed by atoms with E-state index in [-0.39, 0.29) is 24.5 Å². The summed E-state index contributed by atoms with van der Waals surface area (Å²) < 4.78 is 11.4. The summed E-state index contributed by atoms with van der Waals surface area (Å²) in [5.41, 5.74) is 0.419. The van der Waals surface area contributed by atoms with Crippen LogP contribution in [0.5, 0.6) is 17.2 Å². The lowest BCUT2D eigenvalue weighted by atomic mass is 9.96. The lowest BCUT2D eigenvalue weighted by molar-refractivity contribution is -0.160. The van der Waals surface area contributed by atoms with Gasteiger partial charge in [-0.2, -0.15) is 0 Å². The largest absolute Gasteiger partial charge is 0.479 e. The minimum Gasteiger partial charge on any atom is -0.479 e. The highest BCUT2D eigenvalue weighted by Crippen LogP contribution is 2.41. The second-order valence-electron chi connectivity index (χ2n) is 8.83. The Labute approximate surface area is 258 Å². The Morgan fingerprint density at radius 1 is 1.05 bits per heavy atom. The van der Waals surface area contributed by atoms with Gasteiger partial charge in [-0.05, 0) is 52.8 Å². The van der Waals surface area contributed by atoms with Gasteiger partial charge in [-0.25, -0.2) is 4.79 Å². The average molecular weight is 650 g/mol. The molecule has 1 saturated heterocycles. The van der Waals surface area contributed by atoms with Gasteiger partial charge >= 0.3 is 5.97 Å². The van der Waals surface area contributed by atoms with Crippen LogP contribution in [0.4, 0.5) is 0 Å². The SMILES string of the molecule is O=C(Cc1cccs1)NC1C(=O)N2C(C(=O)O)C(CC#COc3cc(Cl)ccc3Oc3ccc(Cl)cc3Cl)=CS[C@H]12. The summed E-state index contributed by atoms with van der Waals surface area (Å²) in [5, 5.41) is 16.8. The van der Waals surface area contributed by atoms with Crippen LogP contribution >= 0.6 is 57.9 Å². The molecule has 1 fully saturated rings. The van der Waals surface area contributed by atoms with Gasteiger partial charge in [-0.1, -0.05) is 46.8 Å². The predicted octanol–water partition coefficient (Wildman–Crippen LogP) is 6.21. The number of halogens is 3. The molecule has 3 atom stereocenters. The molecule has 0 aliphatic carbocycles. The number of nitrogens with zero attached hydrogens (tertiary/aromatic N) is 1. The maximum Gasteiger partial charge on any atom is 0.330 e. The number of amides is 2. The van der Waals surface area contributed by atoms with Gasteiger partial charge in [0.2, 0.25) is 11.8 Å². The second kappa shape index (κ2) is 12.7. The van der Waals surface area contributed by atoms with Crippen molar-refractivity contribution in [3.63, 3.8) is 0 Å². The summed E-state index contributed by atoms with van der Waals surface area (Å²) >= 11 is 21.0. The van der Waals surface area contributed by atoms with Gasteiger partial charge in [0.25, 0.3) is 0 Å². The minimum atomic E-state index is -1.20. The van der Waals surface area contributed by atoms with E-state index in [9.17, 15) is 19.5 Å². The third-order valence-corrected chi connectivity index (χ3v) is 8.94. The number of fused-ring (bicyclic) bond motifs is 1. The number of aliphatic carboxylic acids is 1. The van der Waals surface area contributed by atoms with Crippen LogP contribution in [0.1, 0.15) is 11.3 Å². The number of rotatable bonds is 8. The van der Waals surface area contributed by atoms with Crippen molar-refractivity contribution < 1.29 is 29.0 Å². The third-order valence-electron chi connectivity index (χ3n) is 6.08. The van der Waals surface area contributed by atoms with Gasteiger partial charge in [0.15, 0.2) is 17.5 Å². The van der Waals surface area contributed by atoms with Crippen molar-refractivity contribution in [3.05, 3.63) is 84.8 Å². The molecule has 0 saturated carbocycles. The van der Waals surface area contributed by atoms with E-state index in [0.717, 1.165) is 4.88 Å². The smallest absolute Gasteiger partial charge is 0.330 e. The van der Waals surface area contributed by atoms with Crippen LogP contribution < -0.4 is 14.8 Å². The van der Waals surface area contributed by atoms with E-state index in [1.165, 1.54) is 40.1 Å². The van der Waals surface area contributed by atoms with E-state index < -0.39 is 29.3 Å². The molecule has 2 amide bonds. The quantitative estimate of drug-likeness (QED) is 0.221. The van der Waals surface area contributed by atoms with Gasteiger partial charge in [-0.15, -0.1) is 23.1 Å². The Morgan fingerprint density at radius 2 is 1.80 bits per heavy atom.